The summed E-state index contributed by atoms with van der Waals surface area (Å²) in [5.41, 5.74) is 1.03. The van der Waals surface area contributed by atoms with E-state index in [9.17, 15) is 27.6 Å². The standard InChI is InChI=1S/C32H37F3N6O4/c1-4-36-27-11-21(24-9-8-23(45-32(34)35)13-25(24)31(44)41-16-22(33)17-41)12-28(38-27)39-29(42)26-10-19(15-40(3)30(26)43)14-37-18(2)20-6-5-7-20/h8-13,15,18,20,22,32,37H,4-7,14,16-17H2,1-3H3,(H2,36,38,39,42)/t18-/m0/s1. The number of aromatic nitrogens is 2. The van der Waals surface area contributed by atoms with E-state index in [1.54, 1.807) is 25.4 Å². The van der Waals surface area contributed by atoms with E-state index in [-0.39, 0.29) is 35.8 Å². The molecular formula is C32H37F3N6O4. The van der Waals surface area contributed by atoms with Crippen LogP contribution in [0.1, 0.15) is 59.4 Å². The third-order valence-corrected chi connectivity index (χ3v) is 8.28. The second-order valence-corrected chi connectivity index (χ2v) is 11.5. The lowest BCUT2D eigenvalue weighted by Gasteiger charge is -2.34. The molecule has 2 fully saturated rings. The third-order valence-electron chi connectivity index (χ3n) is 8.28. The van der Waals surface area contributed by atoms with E-state index in [1.165, 1.54) is 53.0 Å². The van der Waals surface area contributed by atoms with Crippen molar-refractivity contribution in [2.75, 3.05) is 30.3 Å². The highest BCUT2D eigenvalue weighted by molar-refractivity contribution is 6.05. The molecule has 0 spiro atoms. The Balaban J connectivity index is 1.45. The zero-order chi connectivity index (χ0) is 32.2. The van der Waals surface area contributed by atoms with E-state index < -0.39 is 30.2 Å². The van der Waals surface area contributed by atoms with Gasteiger partial charge < -0.3 is 30.2 Å². The highest BCUT2D eigenvalue weighted by Crippen LogP contribution is 2.33. The number of alkyl halides is 3. The molecule has 3 N–H and O–H groups in total. The van der Waals surface area contributed by atoms with Gasteiger partial charge in [-0.1, -0.05) is 6.42 Å². The van der Waals surface area contributed by atoms with Crippen LogP contribution in [0.15, 0.2) is 47.4 Å². The normalized spacial score (nSPS) is 15.8. The number of carbonyl (C=O) groups excluding carboxylic acids is 2. The lowest BCUT2D eigenvalue weighted by Crippen LogP contribution is -2.51. The lowest BCUT2D eigenvalue weighted by molar-refractivity contribution is -0.0499. The van der Waals surface area contributed by atoms with Gasteiger partial charge in [-0.15, -0.1) is 0 Å². The van der Waals surface area contributed by atoms with Crippen LogP contribution < -0.4 is 26.2 Å². The molecule has 13 heteroatoms. The first-order valence-electron chi connectivity index (χ1n) is 15.0. The maximum atomic E-state index is 13.6. The maximum absolute atomic E-state index is 13.6. The molecule has 1 aliphatic carbocycles. The lowest BCUT2D eigenvalue weighted by atomic mass is 9.80. The van der Waals surface area contributed by atoms with Crippen LogP contribution in [0.3, 0.4) is 0 Å². The summed E-state index contributed by atoms with van der Waals surface area (Å²) in [6.07, 6.45) is 4.16. The average Bonchev–Trinajstić information content (AvgIpc) is 2.94. The summed E-state index contributed by atoms with van der Waals surface area (Å²) < 4.78 is 45.4. The predicted molar refractivity (Wildman–Crippen MR) is 165 cm³/mol. The van der Waals surface area contributed by atoms with Crippen molar-refractivity contribution in [2.45, 2.75) is 58.5 Å². The van der Waals surface area contributed by atoms with Gasteiger partial charge in [0.25, 0.3) is 17.4 Å². The van der Waals surface area contributed by atoms with Gasteiger partial charge in [-0.3, -0.25) is 14.4 Å². The molecule has 3 heterocycles. The van der Waals surface area contributed by atoms with Crippen molar-refractivity contribution in [2.24, 2.45) is 13.0 Å². The molecule has 240 valence electrons. The van der Waals surface area contributed by atoms with Crippen LogP contribution in [0.25, 0.3) is 11.1 Å². The SMILES string of the molecule is CCNc1cc(-c2ccc(OC(F)F)cc2C(=O)N2CC(F)C2)cc(NC(=O)c2cc(CN[C@@H](C)C3CCC3)cn(C)c2=O)n1. The van der Waals surface area contributed by atoms with Crippen LogP contribution in [0.2, 0.25) is 0 Å². The molecule has 1 atom stereocenters. The summed E-state index contributed by atoms with van der Waals surface area (Å²) in [6, 6.07) is 8.98. The number of hydrogen-bond acceptors (Lipinski definition) is 7. The van der Waals surface area contributed by atoms with E-state index in [2.05, 4.69) is 32.6 Å². The van der Waals surface area contributed by atoms with E-state index in [0.717, 1.165) is 5.56 Å². The molecular weight excluding hydrogens is 589 g/mol. The van der Waals surface area contributed by atoms with Crippen LogP contribution in [-0.2, 0) is 13.6 Å². The fourth-order valence-corrected chi connectivity index (χ4v) is 5.52. The molecule has 5 rings (SSSR count). The fraction of sp³-hybridized carbons (Fsp3) is 0.438. The number of amides is 2. The molecule has 10 nitrogen and oxygen atoms in total. The molecule has 3 aromatic rings. The summed E-state index contributed by atoms with van der Waals surface area (Å²) >= 11 is 0. The number of likely N-dealkylation sites (tertiary alicyclic amines) is 1. The number of pyridine rings is 2. The van der Waals surface area contributed by atoms with Crippen molar-refractivity contribution in [3.63, 3.8) is 0 Å². The number of nitrogens with zero attached hydrogens (tertiary/aromatic N) is 3. The highest BCUT2D eigenvalue weighted by atomic mass is 19.3. The average molecular weight is 627 g/mol. The minimum atomic E-state index is -3.10. The van der Waals surface area contributed by atoms with E-state index in [1.807, 2.05) is 6.92 Å². The van der Waals surface area contributed by atoms with Crippen molar-refractivity contribution < 1.29 is 27.5 Å². The van der Waals surface area contributed by atoms with Gasteiger partial charge in [-0.05, 0) is 85.7 Å². The number of benzene rings is 1. The highest BCUT2D eigenvalue weighted by Gasteiger charge is 2.33. The molecule has 0 bridgehead atoms. The monoisotopic (exact) mass is 626 g/mol. The number of carbonyl (C=O) groups is 2. The van der Waals surface area contributed by atoms with Crippen molar-refractivity contribution in [1.29, 1.82) is 0 Å². The Bertz CT molecular complexity index is 1620. The summed E-state index contributed by atoms with van der Waals surface area (Å²) in [5, 5.41) is 9.27. The molecule has 0 radical (unpaired) electrons. The summed E-state index contributed by atoms with van der Waals surface area (Å²) in [7, 11) is 1.59. The Morgan fingerprint density at radius 1 is 1.09 bits per heavy atom. The molecule has 1 saturated heterocycles. The van der Waals surface area contributed by atoms with Gasteiger partial charge in [0.05, 0.1) is 18.7 Å². The van der Waals surface area contributed by atoms with Gasteiger partial charge in [0, 0.05) is 32.4 Å². The van der Waals surface area contributed by atoms with Crippen LogP contribution in [-0.4, -0.2) is 64.7 Å². The topological polar surface area (TPSA) is 118 Å². The molecule has 2 aliphatic rings. The summed E-state index contributed by atoms with van der Waals surface area (Å²) in [6.45, 7) is 1.64. The Kier molecular flexibility index (Phi) is 9.76. The van der Waals surface area contributed by atoms with E-state index in [0.29, 0.717) is 42.0 Å². The molecule has 0 unspecified atom stereocenters. The zero-order valence-electron chi connectivity index (χ0n) is 25.4. The first-order chi connectivity index (χ1) is 21.5. The number of nitrogens with one attached hydrogen (secondary N) is 3. The van der Waals surface area contributed by atoms with Gasteiger partial charge in [0.2, 0.25) is 0 Å². The maximum Gasteiger partial charge on any atom is 0.387 e. The van der Waals surface area contributed by atoms with Gasteiger partial charge in [0.15, 0.2) is 0 Å². The molecule has 45 heavy (non-hydrogen) atoms. The van der Waals surface area contributed by atoms with Gasteiger partial charge in [-0.25, -0.2) is 9.37 Å². The summed E-state index contributed by atoms with van der Waals surface area (Å²) in [4.78, 5) is 45.5. The number of aryl methyl sites for hydroxylation is 1. The number of halogens is 3. The Morgan fingerprint density at radius 3 is 2.47 bits per heavy atom. The molecule has 1 saturated carbocycles. The first kappa shape index (κ1) is 32.0. The van der Waals surface area contributed by atoms with Crippen molar-refractivity contribution in [1.82, 2.24) is 19.8 Å². The quantitative estimate of drug-likeness (QED) is 0.264. The van der Waals surface area contributed by atoms with Gasteiger partial charge >= 0.3 is 6.61 Å². The minimum Gasteiger partial charge on any atom is -0.435 e. The predicted octanol–water partition coefficient (Wildman–Crippen LogP) is 4.80. The molecule has 2 amide bonds. The molecule has 2 aromatic heterocycles. The van der Waals surface area contributed by atoms with E-state index in [4.69, 9.17) is 0 Å². The number of ether oxygens (including phenoxy) is 1. The smallest absolute Gasteiger partial charge is 0.387 e. The number of hydrogen-bond donors (Lipinski definition) is 3. The number of rotatable bonds is 12. The van der Waals surface area contributed by atoms with Crippen molar-refractivity contribution in [3.05, 3.63) is 69.6 Å². The third kappa shape index (κ3) is 7.47. The van der Waals surface area contributed by atoms with Crippen LogP contribution in [0.5, 0.6) is 5.75 Å². The van der Waals surface area contributed by atoms with Gasteiger partial charge in [0.1, 0.15) is 29.1 Å². The summed E-state index contributed by atoms with van der Waals surface area (Å²) in [5.74, 6) is -0.359. The largest absolute Gasteiger partial charge is 0.435 e. The second-order valence-electron chi connectivity index (χ2n) is 11.5. The fourth-order valence-electron chi connectivity index (χ4n) is 5.52. The molecule has 1 aromatic carbocycles. The second kappa shape index (κ2) is 13.7. The van der Waals surface area contributed by atoms with Crippen LogP contribution in [0.4, 0.5) is 24.8 Å². The number of anilines is 2. The minimum absolute atomic E-state index is 0.0242. The van der Waals surface area contributed by atoms with Crippen molar-refractivity contribution >= 4 is 23.5 Å². The van der Waals surface area contributed by atoms with E-state index >= 15 is 0 Å². The van der Waals surface area contributed by atoms with Crippen molar-refractivity contribution in [3.8, 4) is 16.9 Å². The van der Waals surface area contributed by atoms with Crippen LogP contribution >= 0.6 is 0 Å². The Hall–Kier alpha value is -4.39. The van der Waals surface area contributed by atoms with Crippen LogP contribution in [0, 0.1) is 5.92 Å². The van der Waals surface area contributed by atoms with Gasteiger partial charge in [-0.2, -0.15) is 8.78 Å². The Morgan fingerprint density at radius 2 is 1.82 bits per heavy atom. The first-order valence-corrected chi connectivity index (χ1v) is 15.0. The molecule has 1 aliphatic heterocycles. The zero-order valence-corrected chi connectivity index (χ0v) is 25.4. The Labute approximate surface area is 259 Å².